The van der Waals surface area contributed by atoms with Crippen LogP contribution in [0.5, 0.6) is 0 Å². The molecule has 0 spiro atoms. The maximum Gasteiger partial charge on any atom is 0.137 e. The summed E-state index contributed by atoms with van der Waals surface area (Å²) in [6.07, 6.45) is 5.97. The lowest BCUT2D eigenvalue weighted by atomic mass is 9.82. The largest absolute Gasteiger partial charge is 0.314 e. The van der Waals surface area contributed by atoms with E-state index in [4.69, 9.17) is 0 Å². The van der Waals surface area contributed by atoms with Crippen LogP contribution in [0.4, 0.5) is 4.39 Å². The second-order valence-corrected chi connectivity index (χ2v) is 6.98. The zero-order valence-corrected chi connectivity index (χ0v) is 13.4. The SMILES string of the molecule is CCCNC1CCC(C)(Cc2ccc(F)c(Br)c2)C1. The summed E-state index contributed by atoms with van der Waals surface area (Å²) in [6.45, 7) is 5.68. The Morgan fingerprint density at radius 2 is 2.26 bits per heavy atom. The Bertz CT molecular complexity index is 435. The van der Waals surface area contributed by atoms with Crippen LogP contribution in [0.2, 0.25) is 0 Å². The first-order valence-electron chi connectivity index (χ1n) is 7.20. The number of rotatable bonds is 5. The molecule has 1 fully saturated rings. The molecule has 2 rings (SSSR count). The van der Waals surface area contributed by atoms with Gasteiger partial charge in [0, 0.05) is 6.04 Å². The average molecular weight is 328 g/mol. The van der Waals surface area contributed by atoms with Crippen molar-refractivity contribution in [2.24, 2.45) is 5.41 Å². The van der Waals surface area contributed by atoms with Crippen molar-refractivity contribution in [2.75, 3.05) is 6.54 Å². The fourth-order valence-electron chi connectivity index (χ4n) is 3.15. The number of benzene rings is 1. The lowest BCUT2D eigenvalue weighted by Crippen LogP contribution is -2.28. The van der Waals surface area contributed by atoms with Gasteiger partial charge in [-0.15, -0.1) is 0 Å². The minimum Gasteiger partial charge on any atom is -0.314 e. The third kappa shape index (κ3) is 4.03. The van der Waals surface area contributed by atoms with E-state index in [1.165, 1.54) is 31.2 Å². The van der Waals surface area contributed by atoms with Crippen LogP contribution in [0.1, 0.15) is 45.1 Å². The molecule has 1 aliphatic carbocycles. The van der Waals surface area contributed by atoms with E-state index in [2.05, 4.69) is 35.1 Å². The van der Waals surface area contributed by atoms with Crippen molar-refractivity contribution in [3.8, 4) is 0 Å². The highest BCUT2D eigenvalue weighted by Gasteiger charge is 2.34. The van der Waals surface area contributed by atoms with Crippen LogP contribution in [0.25, 0.3) is 0 Å². The Labute approximate surface area is 124 Å². The molecule has 0 aromatic heterocycles. The summed E-state index contributed by atoms with van der Waals surface area (Å²) in [5, 5.41) is 3.62. The normalized spacial score (nSPS) is 26.8. The van der Waals surface area contributed by atoms with Crippen molar-refractivity contribution in [3.05, 3.63) is 34.1 Å². The van der Waals surface area contributed by atoms with E-state index in [-0.39, 0.29) is 5.82 Å². The summed E-state index contributed by atoms with van der Waals surface area (Å²) in [5.74, 6) is -0.178. The average Bonchev–Trinajstić information content (AvgIpc) is 2.73. The topological polar surface area (TPSA) is 12.0 Å². The van der Waals surface area contributed by atoms with Gasteiger partial charge in [0.05, 0.1) is 4.47 Å². The highest BCUT2D eigenvalue weighted by molar-refractivity contribution is 9.10. The van der Waals surface area contributed by atoms with E-state index < -0.39 is 0 Å². The third-order valence-corrected chi connectivity index (χ3v) is 4.74. The molecule has 1 saturated carbocycles. The molecule has 1 aromatic rings. The molecule has 0 heterocycles. The molecule has 0 amide bonds. The van der Waals surface area contributed by atoms with Crippen LogP contribution >= 0.6 is 15.9 Å². The third-order valence-electron chi connectivity index (χ3n) is 4.13. The van der Waals surface area contributed by atoms with Gasteiger partial charge in [0.2, 0.25) is 0 Å². The van der Waals surface area contributed by atoms with E-state index in [1.54, 1.807) is 6.07 Å². The first-order valence-corrected chi connectivity index (χ1v) is 7.99. The predicted molar refractivity (Wildman–Crippen MR) is 81.8 cm³/mol. The smallest absolute Gasteiger partial charge is 0.137 e. The van der Waals surface area contributed by atoms with Gasteiger partial charge in [-0.25, -0.2) is 4.39 Å². The van der Waals surface area contributed by atoms with Gasteiger partial charge in [-0.1, -0.05) is 19.9 Å². The van der Waals surface area contributed by atoms with Crippen molar-refractivity contribution in [1.82, 2.24) is 5.32 Å². The Morgan fingerprint density at radius 1 is 1.47 bits per heavy atom. The van der Waals surface area contributed by atoms with Crippen molar-refractivity contribution < 1.29 is 4.39 Å². The quantitative estimate of drug-likeness (QED) is 0.827. The summed E-state index contributed by atoms with van der Waals surface area (Å²) in [7, 11) is 0. The van der Waals surface area contributed by atoms with Crippen LogP contribution in [0, 0.1) is 11.2 Å². The minimum absolute atomic E-state index is 0.178. The Morgan fingerprint density at radius 3 is 2.95 bits per heavy atom. The molecule has 0 saturated heterocycles. The van der Waals surface area contributed by atoms with Gasteiger partial charge in [0.15, 0.2) is 0 Å². The number of hydrogen-bond donors (Lipinski definition) is 1. The number of hydrogen-bond acceptors (Lipinski definition) is 1. The van der Waals surface area contributed by atoms with Crippen molar-refractivity contribution in [2.45, 2.75) is 52.0 Å². The monoisotopic (exact) mass is 327 g/mol. The molecule has 1 nitrogen and oxygen atoms in total. The van der Waals surface area contributed by atoms with E-state index in [0.717, 1.165) is 13.0 Å². The van der Waals surface area contributed by atoms with Crippen LogP contribution in [0.3, 0.4) is 0 Å². The fourth-order valence-corrected chi connectivity index (χ4v) is 3.57. The molecule has 1 aliphatic rings. The molecule has 1 N–H and O–H groups in total. The van der Waals surface area contributed by atoms with Gasteiger partial charge in [0.25, 0.3) is 0 Å². The van der Waals surface area contributed by atoms with Gasteiger partial charge in [-0.2, -0.15) is 0 Å². The van der Waals surface area contributed by atoms with Crippen LogP contribution in [0.15, 0.2) is 22.7 Å². The molecular formula is C16H23BrFN. The Hall–Kier alpha value is -0.410. The van der Waals surface area contributed by atoms with E-state index in [1.807, 2.05) is 12.1 Å². The highest BCUT2D eigenvalue weighted by Crippen LogP contribution is 2.41. The van der Waals surface area contributed by atoms with Gasteiger partial charge in [-0.3, -0.25) is 0 Å². The van der Waals surface area contributed by atoms with E-state index >= 15 is 0 Å². The standard InChI is InChI=1S/C16H23BrFN/c1-3-8-19-13-6-7-16(2,11-13)10-12-4-5-15(18)14(17)9-12/h4-5,9,13,19H,3,6-8,10-11H2,1-2H3. The van der Waals surface area contributed by atoms with Gasteiger partial charge < -0.3 is 5.32 Å². The second kappa shape index (κ2) is 6.36. The number of halogens is 2. The molecule has 2 atom stereocenters. The van der Waals surface area contributed by atoms with E-state index in [9.17, 15) is 4.39 Å². The summed E-state index contributed by atoms with van der Waals surface area (Å²) in [6, 6.07) is 6.06. The molecule has 1 aromatic carbocycles. The molecule has 2 unspecified atom stereocenters. The molecule has 106 valence electrons. The summed E-state index contributed by atoms with van der Waals surface area (Å²) < 4.78 is 13.8. The van der Waals surface area contributed by atoms with Crippen molar-refractivity contribution in [3.63, 3.8) is 0 Å². The Balaban J connectivity index is 1.96. The van der Waals surface area contributed by atoms with Gasteiger partial charge in [0.1, 0.15) is 5.82 Å². The van der Waals surface area contributed by atoms with Gasteiger partial charge >= 0.3 is 0 Å². The number of nitrogens with one attached hydrogen (secondary N) is 1. The molecule has 0 radical (unpaired) electrons. The summed E-state index contributed by atoms with van der Waals surface area (Å²) >= 11 is 3.27. The summed E-state index contributed by atoms with van der Waals surface area (Å²) in [5.41, 5.74) is 1.58. The van der Waals surface area contributed by atoms with Gasteiger partial charge in [-0.05, 0) is 77.7 Å². The first kappa shape index (κ1) is 15.0. The van der Waals surface area contributed by atoms with Crippen molar-refractivity contribution >= 4 is 15.9 Å². The fraction of sp³-hybridized carbons (Fsp3) is 0.625. The zero-order chi connectivity index (χ0) is 13.9. The zero-order valence-electron chi connectivity index (χ0n) is 11.8. The lowest BCUT2D eigenvalue weighted by molar-refractivity contribution is 0.321. The maximum absolute atomic E-state index is 13.3. The lowest BCUT2D eigenvalue weighted by Gasteiger charge is -2.24. The van der Waals surface area contributed by atoms with Crippen LogP contribution < -0.4 is 5.32 Å². The van der Waals surface area contributed by atoms with Crippen LogP contribution in [-0.2, 0) is 6.42 Å². The summed E-state index contributed by atoms with van der Waals surface area (Å²) in [4.78, 5) is 0. The minimum atomic E-state index is -0.178. The molecule has 0 bridgehead atoms. The second-order valence-electron chi connectivity index (χ2n) is 6.13. The molecule has 0 aliphatic heterocycles. The Kier molecular flexibility index (Phi) is 5.02. The first-order chi connectivity index (χ1) is 9.02. The van der Waals surface area contributed by atoms with Crippen molar-refractivity contribution in [1.29, 1.82) is 0 Å². The van der Waals surface area contributed by atoms with Crippen LogP contribution in [-0.4, -0.2) is 12.6 Å². The molecule has 3 heteroatoms. The molecular weight excluding hydrogens is 305 g/mol. The highest BCUT2D eigenvalue weighted by atomic mass is 79.9. The maximum atomic E-state index is 13.3. The van der Waals surface area contributed by atoms with E-state index in [0.29, 0.717) is 15.9 Å². The predicted octanol–water partition coefficient (Wildman–Crippen LogP) is 4.69. The molecule has 19 heavy (non-hydrogen) atoms.